The van der Waals surface area contributed by atoms with Crippen molar-refractivity contribution in [3.63, 3.8) is 0 Å². The maximum Gasteiger partial charge on any atom is 0.221 e. The quantitative estimate of drug-likeness (QED) is 0.448. The number of pyridine rings is 1. The average molecular weight is 461 g/mol. The maximum absolute atomic E-state index is 10.0. The number of anilines is 1. The normalized spacial score (nSPS) is 17.4. The van der Waals surface area contributed by atoms with Crippen LogP contribution in [0, 0.1) is 11.8 Å². The van der Waals surface area contributed by atoms with Crippen LogP contribution in [0.2, 0.25) is 0 Å². The molecule has 4 aromatic heterocycles. The number of hydrogen-bond donors (Lipinski definition) is 2. The Morgan fingerprint density at radius 1 is 1.33 bits per heavy atom. The van der Waals surface area contributed by atoms with Crippen LogP contribution in [-0.4, -0.2) is 54.8 Å². The Morgan fingerprint density at radius 3 is 2.97 bits per heavy atom. The minimum Gasteiger partial charge on any atom is -0.378 e. The fourth-order valence-corrected chi connectivity index (χ4v) is 5.37. The first-order valence-corrected chi connectivity index (χ1v) is 12.2. The van der Waals surface area contributed by atoms with E-state index in [1.807, 2.05) is 23.7 Å². The molecule has 1 fully saturated rings. The van der Waals surface area contributed by atoms with E-state index in [-0.39, 0.29) is 5.95 Å². The fraction of sp³-hybridized carbons (Fsp3) is 0.400. The Labute approximate surface area is 197 Å². The number of hydrogen-bond acceptors (Lipinski definition) is 7. The summed E-state index contributed by atoms with van der Waals surface area (Å²) in [5, 5.41) is 13.1. The number of likely N-dealkylation sites (tertiary alicyclic amines) is 1. The van der Waals surface area contributed by atoms with Crippen LogP contribution in [0.25, 0.3) is 32.4 Å². The summed E-state index contributed by atoms with van der Waals surface area (Å²) in [5.74, 6) is 6.15. The van der Waals surface area contributed by atoms with Gasteiger partial charge in [0.2, 0.25) is 5.95 Å². The number of fused-ring (bicyclic) bond motifs is 2. The van der Waals surface area contributed by atoms with Crippen molar-refractivity contribution in [2.24, 2.45) is 0 Å². The lowest BCUT2D eigenvalue weighted by Gasteiger charge is -2.33. The number of aromatic nitrogens is 4. The summed E-state index contributed by atoms with van der Waals surface area (Å²) in [6.45, 7) is 8.76. The minimum atomic E-state index is -1.08. The third kappa shape index (κ3) is 4.32. The predicted octanol–water partition coefficient (Wildman–Crippen LogP) is 4.07. The van der Waals surface area contributed by atoms with Gasteiger partial charge in [-0.1, -0.05) is 12.8 Å². The van der Waals surface area contributed by atoms with Gasteiger partial charge < -0.3 is 20.3 Å². The molecular formula is C25H28N6OS. The molecule has 4 aromatic rings. The number of likely N-dealkylation sites (N-methyl/N-ethyl adjacent to an activating group) is 1. The van der Waals surface area contributed by atoms with Crippen molar-refractivity contribution in [3.05, 3.63) is 35.6 Å². The number of aliphatic hydroxyl groups is 1. The van der Waals surface area contributed by atoms with Gasteiger partial charge in [0, 0.05) is 29.7 Å². The lowest BCUT2D eigenvalue weighted by atomic mass is 10.1. The van der Waals surface area contributed by atoms with Crippen LogP contribution in [0.15, 0.2) is 29.9 Å². The van der Waals surface area contributed by atoms with E-state index in [1.165, 1.54) is 6.42 Å². The highest BCUT2D eigenvalue weighted by Crippen LogP contribution is 2.38. The van der Waals surface area contributed by atoms with Gasteiger partial charge in [0.1, 0.15) is 11.3 Å². The molecule has 1 unspecified atom stereocenters. The highest BCUT2D eigenvalue weighted by Gasteiger charge is 2.24. The minimum absolute atomic E-state index is 0.266. The molecule has 1 atom stereocenters. The van der Waals surface area contributed by atoms with Gasteiger partial charge >= 0.3 is 0 Å². The van der Waals surface area contributed by atoms with Gasteiger partial charge in [0.15, 0.2) is 0 Å². The molecule has 5 heterocycles. The van der Waals surface area contributed by atoms with Gasteiger partial charge in [-0.25, -0.2) is 15.0 Å². The van der Waals surface area contributed by atoms with Crippen molar-refractivity contribution in [1.29, 1.82) is 0 Å². The second-order valence-corrected chi connectivity index (χ2v) is 10.0. The molecule has 1 saturated heterocycles. The maximum atomic E-state index is 10.0. The summed E-state index contributed by atoms with van der Waals surface area (Å²) in [4.78, 5) is 16.2. The van der Waals surface area contributed by atoms with Crippen molar-refractivity contribution >= 4 is 38.4 Å². The Morgan fingerprint density at radius 2 is 2.18 bits per heavy atom. The van der Waals surface area contributed by atoms with Crippen LogP contribution in [0.5, 0.6) is 0 Å². The Balaban J connectivity index is 1.72. The van der Waals surface area contributed by atoms with Gasteiger partial charge in [0.05, 0.1) is 27.6 Å². The van der Waals surface area contributed by atoms with Gasteiger partial charge in [-0.3, -0.25) is 0 Å². The number of thiophene rings is 1. The van der Waals surface area contributed by atoms with E-state index in [9.17, 15) is 5.11 Å². The molecule has 0 amide bonds. The van der Waals surface area contributed by atoms with Crippen molar-refractivity contribution in [2.45, 2.75) is 45.3 Å². The summed E-state index contributed by atoms with van der Waals surface area (Å²) in [7, 11) is 0. The highest BCUT2D eigenvalue weighted by atomic mass is 32.1. The van der Waals surface area contributed by atoms with E-state index in [0.29, 0.717) is 11.7 Å². The zero-order valence-electron chi connectivity index (χ0n) is 19.2. The van der Waals surface area contributed by atoms with Crippen molar-refractivity contribution in [2.75, 3.05) is 25.4 Å². The zero-order chi connectivity index (χ0) is 23.2. The van der Waals surface area contributed by atoms with Crippen LogP contribution in [0.3, 0.4) is 0 Å². The van der Waals surface area contributed by atoms with E-state index in [4.69, 9.17) is 5.73 Å². The van der Waals surface area contributed by atoms with Crippen LogP contribution in [-0.2, 0) is 0 Å². The molecule has 0 saturated carbocycles. The monoisotopic (exact) mass is 460 g/mol. The van der Waals surface area contributed by atoms with Crippen LogP contribution >= 0.6 is 11.3 Å². The third-order valence-electron chi connectivity index (χ3n) is 6.11. The number of nitrogens with zero attached hydrogens (tertiary/aromatic N) is 5. The van der Waals surface area contributed by atoms with Gasteiger partial charge in [0.25, 0.3) is 0 Å². The zero-order valence-corrected chi connectivity index (χ0v) is 20.0. The topological polar surface area (TPSA) is 93.1 Å². The van der Waals surface area contributed by atoms with Gasteiger partial charge in [-0.05, 0) is 63.2 Å². The summed E-state index contributed by atoms with van der Waals surface area (Å²) >= 11 is 1.62. The first-order chi connectivity index (χ1) is 15.8. The second kappa shape index (κ2) is 8.41. The van der Waals surface area contributed by atoms with E-state index in [2.05, 4.69) is 49.4 Å². The first kappa shape index (κ1) is 21.8. The molecule has 1 aliphatic heterocycles. The van der Waals surface area contributed by atoms with Crippen LogP contribution < -0.4 is 5.73 Å². The Kier molecular flexibility index (Phi) is 5.57. The highest BCUT2D eigenvalue weighted by molar-refractivity contribution is 7.17. The SMILES string of the molecule is CCN1CCCC(n2cc(-c3nc(N)nc4ccsc34)c3cc(C#CC(C)(C)O)ncc32)C1. The Bertz CT molecular complexity index is 1390. The van der Waals surface area contributed by atoms with Gasteiger partial charge in [-0.2, -0.15) is 0 Å². The Hall–Kier alpha value is -2.99. The molecule has 0 spiro atoms. The number of piperidine rings is 1. The summed E-state index contributed by atoms with van der Waals surface area (Å²) in [5.41, 5.74) is 9.38. The van der Waals surface area contributed by atoms with Gasteiger partial charge in [-0.15, -0.1) is 11.3 Å². The molecule has 170 valence electrons. The lowest BCUT2D eigenvalue weighted by molar-refractivity contribution is 0.143. The first-order valence-electron chi connectivity index (χ1n) is 11.3. The number of nitrogen functional groups attached to an aromatic ring is 1. The molecule has 0 bridgehead atoms. The van der Waals surface area contributed by atoms with Crippen LogP contribution in [0.4, 0.5) is 5.95 Å². The van der Waals surface area contributed by atoms with E-state index >= 15 is 0 Å². The number of rotatable bonds is 3. The molecule has 1 aliphatic rings. The smallest absolute Gasteiger partial charge is 0.221 e. The lowest BCUT2D eigenvalue weighted by Crippen LogP contribution is -2.36. The third-order valence-corrected chi connectivity index (χ3v) is 7.02. The second-order valence-electron chi connectivity index (χ2n) is 9.10. The van der Waals surface area contributed by atoms with Crippen molar-refractivity contribution in [3.8, 4) is 23.1 Å². The fourth-order valence-electron chi connectivity index (χ4n) is 4.53. The largest absolute Gasteiger partial charge is 0.378 e. The molecule has 0 aromatic carbocycles. The molecule has 33 heavy (non-hydrogen) atoms. The van der Waals surface area contributed by atoms with Crippen molar-refractivity contribution in [1.82, 2.24) is 24.4 Å². The molecule has 3 N–H and O–H groups in total. The molecule has 0 radical (unpaired) electrons. The molecule has 5 rings (SSSR count). The van der Waals surface area contributed by atoms with Crippen molar-refractivity contribution < 1.29 is 5.11 Å². The summed E-state index contributed by atoms with van der Waals surface area (Å²) in [6.07, 6.45) is 6.39. The number of nitrogens with two attached hydrogens (primary N) is 1. The molecule has 7 nitrogen and oxygen atoms in total. The molecule has 8 heteroatoms. The van der Waals surface area contributed by atoms with E-state index < -0.39 is 5.60 Å². The summed E-state index contributed by atoms with van der Waals surface area (Å²) < 4.78 is 3.37. The predicted molar refractivity (Wildman–Crippen MR) is 134 cm³/mol. The van der Waals surface area contributed by atoms with E-state index in [1.54, 1.807) is 25.2 Å². The van der Waals surface area contributed by atoms with Crippen LogP contribution in [0.1, 0.15) is 45.3 Å². The summed E-state index contributed by atoms with van der Waals surface area (Å²) in [6, 6.07) is 4.34. The standard InChI is InChI=1S/C25H28N6OS/c1-4-30-10-5-6-17(14-30)31-15-19(22-23-20(8-11-33-23)28-24(26)29-22)18-12-16(27-13-21(18)31)7-9-25(2,3)32/h8,11-13,15,17,32H,4-6,10,14H2,1-3H3,(H2,26,28,29). The van der Waals surface area contributed by atoms with E-state index in [0.717, 1.165) is 58.4 Å². The molecule has 0 aliphatic carbocycles. The average Bonchev–Trinajstić information content (AvgIpc) is 3.41. The molecular weight excluding hydrogens is 432 g/mol.